The Bertz CT molecular complexity index is 430. The summed E-state index contributed by atoms with van der Waals surface area (Å²) in [6, 6.07) is 6.07. The molecule has 102 valence electrons. The molecule has 0 aliphatic carbocycles. The Morgan fingerprint density at radius 2 is 1.79 bits per heavy atom. The van der Waals surface area contributed by atoms with E-state index in [1.807, 2.05) is 0 Å². The van der Waals surface area contributed by atoms with Crippen LogP contribution in [0.15, 0.2) is 49.6 Å². The zero-order chi connectivity index (χ0) is 14.3. The first-order chi connectivity index (χ1) is 9.08. The van der Waals surface area contributed by atoms with Gasteiger partial charge in [-0.15, -0.1) is 13.2 Å². The highest BCUT2D eigenvalue weighted by Crippen LogP contribution is 2.11. The highest BCUT2D eigenvalue weighted by Gasteiger charge is 2.19. The average molecular weight is 260 g/mol. The average Bonchev–Trinajstić information content (AvgIpc) is 2.40. The number of nitrogens with zero attached hydrogens (tertiary/aromatic N) is 1. The fraction of sp³-hybridized carbons (Fsp3) is 0.267. The largest absolute Gasteiger partial charge is 0.508 e. The number of phenols is 1. The minimum absolute atomic E-state index is 0.132. The van der Waals surface area contributed by atoms with E-state index >= 15 is 0 Å². The van der Waals surface area contributed by atoms with Crippen molar-refractivity contribution in [1.29, 1.82) is 0 Å². The Kier molecular flexibility index (Phi) is 5.82. The molecule has 0 aromatic heterocycles. The molecule has 1 aromatic carbocycles. The van der Waals surface area contributed by atoms with Crippen LogP contribution >= 0.6 is 0 Å². The van der Waals surface area contributed by atoms with Crippen LogP contribution in [0.1, 0.15) is 5.56 Å². The van der Waals surface area contributed by atoms with E-state index in [2.05, 4.69) is 13.2 Å². The summed E-state index contributed by atoms with van der Waals surface area (Å²) in [6.45, 7) is 8.15. The van der Waals surface area contributed by atoms with Crippen LogP contribution in [0.3, 0.4) is 0 Å². The molecule has 0 saturated carbocycles. The maximum Gasteiger partial charge on any atom is 0.240 e. The second-order valence-corrected chi connectivity index (χ2v) is 4.30. The van der Waals surface area contributed by atoms with Gasteiger partial charge in [0.15, 0.2) is 0 Å². The van der Waals surface area contributed by atoms with Gasteiger partial charge < -0.3 is 15.7 Å². The second kappa shape index (κ2) is 7.38. The molecule has 3 N–H and O–H groups in total. The van der Waals surface area contributed by atoms with Gasteiger partial charge in [-0.25, -0.2) is 0 Å². The molecule has 0 fully saturated rings. The molecule has 1 amide bonds. The number of nitrogens with two attached hydrogens (primary N) is 1. The molecule has 1 rings (SSSR count). The molecule has 0 unspecified atom stereocenters. The van der Waals surface area contributed by atoms with Crippen molar-refractivity contribution in [2.75, 3.05) is 13.1 Å². The predicted molar refractivity (Wildman–Crippen MR) is 76.8 cm³/mol. The van der Waals surface area contributed by atoms with Crippen molar-refractivity contribution in [2.24, 2.45) is 5.73 Å². The van der Waals surface area contributed by atoms with Gasteiger partial charge in [0, 0.05) is 13.1 Å². The normalized spacial score (nSPS) is 11.6. The number of amides is 1. The molecule has 0 saturated heterocycles. The Morgan fingerprint density at radius 3 is 2.26 bits per heavy atom. The summed E-state index contributed by atoms with van der Waals surface area (Å²) in [5.74, 6) is 0.0662. The van der Waals surface area contributed by atoms with Crippen molar-refractivity contribution in [3.63, 3.8) is 0 Å². The molecule has 4 heteroatoms. The van der Waals surface area contributed by atoms with Gasteiger partial charge in [0.1, 0.15) is 5.75 Å². The molecular formula is C15H20N2O2. The second-order valence-electron chi connectivity index (χ2n) is 4.30. The predicted octanol–water partition coefficient (Wildman–Crippen LogP) is 1.46. The third kappa shape index (κ3) is 4.60. The van der Waals surface area contributed by atoms with Gasteiger partial charge >= 0.3 is 0 Å². The van der Waals surface area contributed by atoms with Gasteiger partial charge in [0.25, 0.3) is 0 Å². The minimum atomic E-state index is -0.607. The van der Waals surface area contributed by atoms with Crippen LogP contribution in [-0.4, -0.2) is 35.0 Å². The van der Waals surface area contributed by atoms with E-state index in [0.717, 1.165) is 5.56 Å². The lowest BCUT2D eigenvalue weighted by molar-refractivity contribution is -0.131. The molecule has 0 aliphatic heterocycles. The monoisotopic (exact) mass is 260 g/mol. The van der Waals surface area contributed by atoms with Crippen molar-refractivity contribution < 1.29 is 9.90 Å². The first kappa shape index (κ1) is 15.0. The van der Waals surface area contributed by atoms with Crippen molar-refractivity contribution in [3.05, 3.63) is 55.1 Å². The molecule has 1 atom stereocenters. The van der Waals surface area contributed by atoms with Gasteiger partial charge in [-0.2, -0.15) is 0 Å². The van der Waals surface area contributed by atoms with Crippen molar-refractivity contribution >= 4 is 5.91 Å². The van der Waals surface area contributed by atoms with Crippen LogP contribution in [0.5, 0.6) is 5.75 Å². The summed E-state index contributed by atoms with van der Waals surface area (Å²) in [4.78, 5) is 13.8. The lowest BCUT2D eigenvalue weighted by Gasteiger charge is -2.23. The lowest BCUT2D eigenvalue weighted by atomic mass is 10.1. The molecular weight excluding hydrogens is 240 g/mol. The van der Waals surface area contributed by atoms with Crippen molar-refractivity contribution in [1.82, 2.24) is 4.90 Å². The van der Waals surface area contributed by atoms with E-state index in [1.165, 1.54) is 0 Å². The lowest BCUT2D eigenvalue weighted by Crippen LogP contribution is -2.45. The number of aromatic hydroxyl groups is 1. The van der Waals surface area contributed by atoms with Crippen LogP contribution in [0.25, 0.3) is 0 Å². The molecule has 0 bridgehead atoms. The third-order valence-corrected chi connectivity index (χ3v) is 2.72. The minimum Gasteiger partial charge on any atom is -0.508 e. The van der Waals surface area contributed by atoms with Gasteiger partial charge in [-0.05, 0) is 24.1 Å². The van der Waals surface area contributed by atoms with E-state index < -0.39 is 6.04 Å². The molecule has 0 radical (unpaired) electrons. The molecule has 19 heavy (non-hydrogen) atoms. The zero-order valence-corrected chi connectivity index (χ0v) is 11.0. The van der Waals surface area contributed by atoms with Gasteiger partial charge in [-0.3, -0.25) is 4.79 Å². The van der Waals surface area contributed by atoms with E-state index in [0.29, 0.717) is 19.5 Å². The van der Waals surface area contributed by atoms with Crippen molar-refractivity contribution in [2.45, 2.75) is 12.5 Å². The maximum atomic E-state index is 12.2. The quantitative estimate of drug-likeness (QED) is 0.729. The number of rotatable bonds is 7. The smallest absolute Gasteiger partial charge is 0.240 e. The standard InChI is InChI=1S/C15H20N2O2/c1-3-9-17(10-4-2)15(19)14(16)11-12-5-7-13(18)8-6-12/h3-8,14,18H,1-2,9-11,16H2/t14-/m0/s1. The number of carbonyl (C=O) groups excluding carboxylic acids is 1. The zero-order valence-electron chi connectivity index (χ0n) is 11.0. The highest BCUT2D eigenvalue weighted by atomic mass is 16.3. The Morgan fingerprint density at radius 1 is 1.26 bits per heavy atom. The Labute approximate surface area is 113 Å². The first-order valence-corrected chi connectivity index (χ1v) is 6.12. The van der Waals surface area contributed by atoms with E-state index in [1.54, 1.807) is 41.3 Å². The van der Waals surface area contributed by atoms with Gasteiger partial charge in [0.05, 0.1) is 6.04 Å². The summed E-state index contributed by atoms with van der Waals surface area (Å²) in [6.07, 6.45) is 3.76. The third-order valence-electron chi connectivity index (χ3n) is 2.72. The molecule has 0 spiro atoms. The van der Waals surface area contributed by atoms with E-state index in [4.69, 9.17) is 5.73 Å². The summed E-state index contributed by atoms with van der Waals surface area (Å²) in [7, 11) is 0. The van der Waals surface area contributed by atoms with Crippen LogP contribution in [0, 0.1) is 0 Å². The summed E-state index contributed by atoms with van der Waals surface area (Å²) in [5.41, 5.74) is 6.84. The first-order valence-electron chi connectivity index (χ1n) is 6.12. The number of hydrogen-bond acceptors (Lipinski definition) is 3. The molecule has 1 aromatic rings. The fourth-order valence-corrected chi connectivity index (χ4v) is 1.77. The molecule has 4 nitrogen and oxygen atoms in total. The summed E-state index contributed by atoms with van der Waals surface area (Å²) < 4.78 is 0. The Balaban J connectivity index is 2.67. The van der Waals surface area contributed by atoms with Gasteiger partial charge in [0.2, 0.25) is 5.91 Å². The summed E-state index contributed by atoms with van der Waals surface area (Å²) in [5, 5.41) is 9.20. The number of benzene rings is 1. The highest BCUT2D eigenvalue weighted by molar-refractivity contribution is 5.82. The Hall–Kier alpha value is -2.07. The number of phenolic OH excluding ortho intramolecular Hbond substituents is 1. The topological polar surface area (TPSA) is 66.6 Å². The van der Waals surface area contributed by atoms with Crippen LogP contribution in [0.2, 0.25) is 0 Å². The van der Waals surface area contributed by atoms with Crippen LogP contribution in [0.4, 0.5) is 0 Å². The number of carbonyl (C=O) groups is 1. The van der Waals surface area contributed by atoms with E-state index in [9.17, 15) is 9.90 Å². The molecule has 0 heterocycles. The van der Waals surface area contributed by atoms with E-state index in [-0.39, 0.29) is 11.7 Å². The molecule has 0 aliphatic rings. The number of hydrogen-bond donors (Lipinski definition) is 2. The van der Waals surface area contributed by atoms with Crippen molar-refractivity contribution in [3.8, 4) is 5.75 Å². The maximum absolute atomic E-state index is 12.2. The summed E-state index contributed by atoms with van der Waals surface area (Å²) >= 11 is 0. The SMILES string of the molecule is C=CCN(CC=C)C(=O)[C@@H](N)Cc1ccc(O)cc1. The van der Waals surface area contributed by atoms with Gasteiger partial charge in [-0.1, -0.05) is 24.3 Å². The fourth-order valence-electron chi connectivity index (χ4n) is 1.77. The van der Waals surface area contributed by atoms with Crippen LogP contribution < -0.4 is 5.73 Å². The van der Waals surface area contributed by atoms with Crippen LogP contribution in [-0.2, 0) is 11.2 Å².